The van der Waals surface area contributed by atoms with Gasteiger partial charge in [0.15, 0.2) is 0 Å². The highest BCUT2D eigenvalue weighted by Gasteiger charge is 2.24. The fourth-order valence-corrected chi connectivity index (χ4v) is 3.59. The van der Waals surface area contributed by atoms with E-state index < -0.39 is 0 Å². The number of hydrogen-bond donors (Lipinski definition) is 1. The Kier molecular flexibility index (Phi) is 4.51. The SMILES string of the molecule is Fc1cc([C@H](c2ccsc2)N2CCNCC2)ccc1Br. The van der Waals surface area contributed by atoms with Crippen molar-refractivity contribution in [3.63, 3.8) is 0 Å². The van der Waals surface area contributed by atoms with Crippen molar-refractivity contribution in [2.75, 3.05) is 26.2 Å². The Morgan fingerprint density at radius 1 is 1.20 bits per heavy atom. The quantitative estimate of drug-likeness (QED) is 0.904. The summed E-state index contributed by atoms with van der Waals surface area (Å²) >= 11 is 4.92. The van der Waals surface area contributed by atoms with E-state index >= 15 is 0 Å². The molecule has 0 radical (unpaired) electrons. The minimum atomic E-state index is -0.196. The summed E-state index contributed by atoms with van der Waals surface area (Å²) in [5.74, 6) is -0.196. The Hall–Kier alpha value is -0.750. The van der Waals surface area contributed by atoms with Crippen LogP contribution in [0.5, 0.6) is 0 Å². The van der Waals surface area contributed by atoms with Gasteiger partial charge in [0.05, 0.1) is 10.5 Å². The molecule has 1 fully saturated rings. The molecule has 2 heterocycles. The van der Waals surface area contributed by atoms with Gasteiger partial charge in [-0.25, -0.2) is 4.39 Å². The molecule has 0 aliphatic carbocycles. The minimum absolute atomic E-state index is 0.144. The molecule has 5 heteroatoms. The third-order valence-corrected chi connectivity index (χ3v) is 4.98. The lowest BCUT2D eigenvalue weighted by Gasteiger charge is -2.35. The maximum absolute atomic E-state index is 13.9. The highest BCUT2D eigenvalue weighted by Crippen LogP contribution is 2.32. The molecule has 0 spiro atoms. The Balaban J connectivity index is 1.98. The average molecular weight is 355 g/mol. The molecule has 1 aromatic carbocycles. The first-order valence-corrected chi connectivity index (χ1v) is 8.41. The number of rotatable bonds is 3. The van der Waals surface area contributed by atoms with Crippen LogP contribution in [0.25, 0.3) is 0 Å². The average Bonchev–Trinajstić information content (AvgIpc) is 2.98. The van der Waals surface area contributed by atoms with E-state index in [1.54, 1.807) is 23.5 Å². The highest BCUT2D eigenvalue weighted by molar-refractivity contribution is 9.10. The predicted molar refractivity (Wildman–Crippen MR) is 84.7 cm³/mol. The van der Waals surface area contributed by atoms with Crippen molar-refractivity contribution in [2.45, 2.75) is 6.04 Å². The van der Waals surface area contributed by atoms with Crippen molar-refractivity contribution in [1.82, 2.24) is 10.2 Å². The summed E-state index contributed by atoms with van der Waals surface area (Å²) in [5, 5.41) is 7.61. The second kappa shape index (κ2) is 6.35. The molecule has 0 amide bonds. The van der Waals surface area contributed by atoms with E-state index in [-0.39, 0.29) is 11.9 Å². The minimum Gasteiger partial charge on any atom is -0.314 e. The third-order valence-electron chi connectivity index (χ3n) is 3.64. The summed E-state index contributed by atoms with van der Waals surface area (Å²) in [4.78, 5) is 2.42. The van der Waals surface area contributed by atoms with Gasteiger partial charge in [0.1, 0.15) is 5.82 Å². The lowest BCUT2D eigenvalue weighted by molar-refractivity contribution is 0.198. The van der Waals surface area contributed by atoms with Crippen molar-refractivity contribution in [1.29, 1.82) is 0 Å². The van der Waals surface area contributed by atoms with Crippen LogP contribution < -0.4 is 5.32 Å². The van der Waals surface area contributed by atoms with Crippen LogP contribution in [0, 0.1) is 5.82 Å². The summed E-state index contributed by atoms with van der Waals surface area (Å²) in [6.07, 6.45) is 0. The molecule has 1 aliphatic rings. The Morgan fingerprint density at radius 3 is 2.65 bits per heavy atom. The van der Waals surface area contributed by atoms with Gasteiger partial charge >= 0.3 is 0 Å². The van der Waals surface area contributed by atoms with Crippen LogP contribution in [0.15, 0.2) is 39.5 Å². The van der Waals surface area contributed by atoms with Crippen LogP contribution in [0.3, 0.4) is 0 Å². The van der Waals surface area contributed by atoms with Crippen LogP contribution in [-0.2, 0) is 0 Å². The Bertz CT molecular complexity index is 567. The first-order valence-electron chi connectivity index (χ1n) is 6.67. The topological polar surface area (TPSA) is 15.3 Å². The Morgan fingerprint density at radius 2 is 2.00 bits per heavy atom. The smallest absolute Gasteiger partial charge is 0.137 e. The van der Waals surface area contributed by atoms with Crippen LogP contribution in [0.2, 0.25) is 0 Å². The van der Waals surface area contributed by atoms with Gasteiger partial charge in [-0.3, -0.25) is 4.90 Å². The number of piperazine rings is 1. The lowest BCUT2D eigenvalue weighted by Crippen LogP contribution is -2.45. The van der Waals surface area contributed by atoms with Crippen LogP contribution in [0.4, 0.5) is 4.39 Å². The molecule has 1 saturated heterocycles. The molecule has 2 nitrogen and oxygen atoms in total. The maximum Gasteiger partial charge on any atom is 0.137 e. The van der Waals surface area contributed by atoms with Crippen LogP contribution >= 0.6 is 27.3 Å². The number of nitrogens with zero attached hydrogens (tertiary/aromatic N) is 1. The van der Waals surface area contributed by atoms with E-state index in [0.29, 0.717) is 4.47 Å². The number of thiophene rings is 1. The molecule has 0 bridgehead atoms. The lowest BCUT2D eigenvalue weighted by atomic mass is 9.99. The molecule has 0 unspecified atom stereocenters. The largest absolute Gasteiger partial charge is 0.314 e. The molecule has 1 aliphatic heterocycles. The van der Waals surface area contributed by atoms with Gasteiger partial charge in [0.25, 0.3) is 0 Å². The van der Waals surface area contributed by atoms with Crippen molar-refractivity contribution >= 4 is 27.3 Å². The van der Waals surface area contributed by atoms with Gasteiger partial charge in [-0.1, -0.05) is 6.07 Å². The van der Waals surface area contributed by atoms with E-state index in [4.69, 9.17) is 0 Å². The highest BCUT2D eigenvalue weighted by atomic mass is 79.9. The van der Waals surface area contributed by atoms with E-state index in [1.165, 1.54) is 5.56 Å². The zero-order valence-electron chi connectivity index (χ0n) is 11.0. The Labute approximate surface area is 130 Å². The summed E-state index contributed by atoms with van der Waals surface area (Å²) < 4.78 is 14.4. The zero-order valence-corrected chi connectivity index (χ0v) is 13.4. The summed E-state index contributed by atoms with van der Waals surface area (Å²) in [5.41, 5.74) is 2.27. The number of benzene rings is 1. The fraction of sp³-hybridized carbons (Fsp3) is 0.333. The fourth-order valence-electron chi connectivity index (χ4n) is 2.67. The molecule has 106 valence electrons. The van der Waals surface area contributed by atoms with Crippen molar-refractivity contribution in [2.24, 2.45) is 0 Å². The summed E-state index contributed by atoms with van der Waals surface area (Å²) in [6, 6.07) is 7.74. The number of nitrogens with one attached hydrogen (secondary N) is 1. The van der Waals surface area contributed by atoms with Gasteiger partial charge in [0.2, 0.25) is 0 Å². The second-order valence-corrected chi connectivity index (χ2v) is 6.55. The molecule has 1 aromatic heterocycles. The standard InChI is InChI=1S/C15H16BrFN2S/c16-13-2-1-11(9-14(13)17)15(12-3-8-20-10-12)19-6-4-18-5-7-19/h1-3,8-10,15,18H,4-7H2/t15-/m1/s1. The van der Waals surface area contributed by atoms with Gasteiger partial charge in [0, 0.05) is 26.2 Å². The summed E-state index contributed by atoms with van der Waals surface area (Å²) in [6.45, 7) is 3.94. The van der Waals surface area contributed by atoms with Crippen LogP contribution in [-0.4, -0.2) is 31.1 Å². The van der Waals surface area contributed by atoms with E-state index in [1.807, 2.05) is 6.07 Å². The van der Waals surface area contributed by atoms with E-state index in [0.717, 1.165) is 31.7 Å². The predicted octanol–water partition coefficient (Wildman–Crippen LogP) is 3.64. The molecular formula is C15H16BrFN2S. The monoisotopic (exact) mass is 354 g/mol. The third kappa shape index (κ3) is 2.96. The zero-order chi connectivity index (χ0) is 13.9. The number of halogens is 2. The van der Waals surface area contributed by atoms with Crippen molar-refractivity contribution in [3.05, 3.63) is 56.4 Å². The molecule has 0 saturated carbocycles. The molecule has 1 N–H and O–H groups in total. The van der Waals surface area contributed by atoms with Gasteiger partial charge < -0.3 is 5.32 Å². The molecule has 3 rings (SSSR count). The first-order chi connectivity index (χ1) is 9.75. The second-order valence-electron chi connectivity index (χ2n) is 4.92. The van der Waals surface area contributed by atoms with Gasteiger partial charge in [-0.05, 0) is 56.0 Å². The van der Waals surface area contributed by atoms with Gasteiger partial charge in [-0.15, -0.1) is 0 Å². The first kappa shape index (κ1) is 14.2. The van der Waals surface area contributed by atoms with Crippen molar-refractivity contribution in [3.8, 4) is 0 Å². The molecule has 1 atom stereocenters. The molecule has 20 heavy (non-hydrogen) atoms. The normalized spacial score (nSPS) is 18.1. The number of hydrogen-bond acceptors (Lipinski definition) is 3. The molecular weight excluding hydrogens is 339 g/mol. The summed E-state index contributed by atoms with van der Waals surface area (Å²) in [7, 11) is 0. The molecule has 2 aromatic rings. The van der Waals surface area contributed by atoms with E-state index in [2.05, 4.69) is 43.0 Å². The van der Waals surface area contributed by atoms with E-state index in [9.17, 15) is 4.39 Å². The van der Waals surface area contributed by atoms with Crippen LogP contribution in [0.1, 0.15) is 17.2 Å². The van der Waals surface area contributed by atoms with Gasteiger partial charge in [-0.2, -0.15) is 11.3 Å². The van der Waals surface area contributed by atoms with Crippen molar-refractivity contribution < 1.29 is 4.39 Å². The maximum atomic E-state index is 13.9.